The molecule has 0 aromatic heterocycles. The van der Waals surface area contributed by atoms with Crippen molar-refractivity contribution in [1.29, 1.82) is 0 Å². The van der Waals surface area contributed by atoms with Crippen LogP contribution in [0, 0.1) is 13.8 Å². The van der Waals surface area contributed by atoms with Crippen molar-refractivity contribution in [2.75, 3.05) is 13.1 Å². The first kappa shape index (κ1) is 19.2. The van der Waals surface area contributed by atoms with E-state index >= 15 is 0 Å². The fraction of sp³-hybridized carbons (Fsp3) is 0.350. The monoisotopic (exact) mass is 388 g/mol. The summed E-state index contributed by atoms with van der Waals surface area (Å²) in [4.78, 5) is 13.9. The number of nitrogens with zero attached hydrogens (tertiary/aromatic N) is 1. The number of sulfonamides is 1. The molecule has 1 heterocycles. The number of ether oxygens (including phenoxy) is 1. The Morgan fingerprint density at radius 3 is 2.04 bits per heavy atom. The van der Waals surface area contributed by atoms with Crippen LogP contribution in [0.4, 0.5) is 4.79 Å². The van der Waals surface area contributed by atoms with Gasteiger partial charge in [-0.3, -0.25) is 0 Å². The van der Waals surface area contributed by atoms with Crippen molar-refractivity contribution in [3.05, 3.63) is 59.7 Å². The molecule has 0 spiro atoms. The predicted molar refractivity (Wildman–Crippen MR) is 103 cm³/mol. The largest absolute Gasteiger partial charge is 0.490 e. The molecule has 144 valence electrons. The highest BCUT2D eigenvalue weighted by Gasteiger charge is 2.27. The summed E-state index contributed by atoms with van der Waals surface area (Å²) < 4.78 is 32.8. The van der Waals surface area contributed by atoms with Gasteiger partial charge in [-0.2, -0.15) is 0 Å². The third kappa shape index (κ3) is 5.01. The van der Waals surface area contributed by atoms with Crippen LogP contribution in [0.15, 0.2) is 53.4 Å². The van der Waals surface area contributed by atoms with Crippen LogP contribution >= 0.6 is 0 Å². The number of urea groups is 1. The van der Waals surface area contributed by atoms with E-state index < -0.39 is 16.1 Å². The molecule has 1 N–H and O–H groups in total. The molecule has 0 radical (unpaired) electrons. The molecule has 0 saturated carbocycles. The second kappa shape index (κ2) is 8.00. The highest BCUT2D eigenvalue weighted by molar-refractivity contribution is 7.90. The van der Waals surface area contributed by atoms with Crippen LogP contribution in [0.2, 0.25) is 0 Å². The zero-order valence-corrected chi connectivity index (χ0v) is 16.3. The molecule has 0 bridgehead atoms. The van der Waals surface area contributed by atoms with Gasteiger partial charge >= 0.3 is 6.03 Å². The summed E-state index contributed by atoms with van der Waals surface area (Å²) in [6.45, 7) is 4.79. The van der Waals surface area contributed by atoms with Crippen molar-refractivity contribution < 1.29 is 17.9 Å². The number of carbonyl (C=O) groups excluding carboxylic acids is 1. The van der Waals surface area contributed by atoms with Gasteiger partial charge in [-0.25, -0.2) is 17.9 Å². The Labute approximate surface area is 160 Å². The van der Waals surface area contributed by atoms with Crippen LogP contribution in [-0.4, -0.2) is 38.5 Å². The van der Waals surface area contributed by atoms with E-state index in [1.807, 2.05) is 38.1 Å². The molecule has 1 fully saturated rings. The summed E-state index contributed by atoms with van der Waals surface area (Å²) in [5, 5.41) is 0. The average Bonchev–Trinajstić information content (AvgIpc) is 2.64. The molecule has 1 aliphatic heterocycles. The highest BCUT2D eigenvalue weighted by Crippen LogP contribution is 2.20. The lowest BCUT2D eigenvalue weighted by atomic mass is 10.1. The van der Waals surface area contributed by atoms with Crippen molar-refractivity contribution in [1.82, 2.24) is 9.62 Å². The molecule has 7 heteroatoms. The van der Waals surface area contributed by atoms with Gasteiger partial charge in [-0.15, -0.1) is 0 Å². The van der Waals surface area contributed by atoms with Crippen LogP contribution in [0.1, 0.15) is 24.0 Å². The number of piperidine rings is 1. The van der Waals surface area contributed by atoms with Crippen molar-refractivity contribution in [3.63, 3.8) is 0 Å². The van der Waals surface area contributed by atoms with Crippen LogP contribution in [0.25, 0.3) is 0 Å². The number of hydrogen-bond acceptors (Lipinski definition) is 4. The zero-order valence-electron chi connectivity index (χ0n) is 15.5. The third-order valence-electron chi connectivity index (χ3n) is 4.61. The fourth-order valence-electron chi connectivity index (χ4n) is 2.94. The van der Waals surface area contributed by atoms with E-state index in [-0.39, 0.29) is 11.0 Å². The van der Waals surface area contributed by atoms with Gasteiger partial charge in [0, 0.05) is 25.9 Å². The molecule has 0 atom stereocenters. The van der Waals surface area contributed by atoms with Gasteiger partial charge in [0.25, 0.3) is 10.0 Å². The average molecular weight is 388 g/mol. The third-order valence-corrected chi connectivity index (χ3v) is 5.94. The maximum Gasteiger partial charge on any atom is 0.331 e. The summed E-state index contributed by atoms with van der Waals surface area (Å²) in [5.74, 6) is 0.811. The second-order valence-corrected chi connectivity index (χ2v) is 8.52. The first-order chi connectivity index (χ1) is 12.8. The van der Waals surface area contributed by atoms with Gasteiger partial charge in [-0.05, 0) is 38.1 Å². The first-order valence-corrected chi connectivity index (χ1v) is 10.4. The van der Waals surface area contributed by atoms with E-state index in [1.54, 1.807) is 12.1 Å². The number of aryl methyl sites for hydroxylation is 2. The number of carbonyl (C=O) groups is 1. The van der Waals surface area contributed by atoms with Crippen molar-refractivity contribution in [2.24, 2.45) is 0 Å². The molecule has 2 aromatic carbocycles. The van der Waals surface area contributed by atoms with E-state index in [9.17, 15) is 13.2 Å². The van der Waals surface area contributed by atoms with E-state index in [1.165, 1.54) is 22.6 Å². The number of likely N-dealkylation sites (tertiary alicyclic amines) is 1. The molecular weight excluding hydrogens is 364 g/mol. The highest BCUT2D eigenvalue weighted by atomic mass is 32.2. The summed E-state index contributed by atoms with van der Waals surface area (Å²) >= 11 is 0. The standard InChI is InChI=1S/C20H24N2O4S/c1-15-3-7-17(8-4-15)26-18-11-13-22(14-12-18)20(23)21-27(24,25)19-9-5-16(2)6-10-19/h3-10,18H,11-14H2,1-2H3,(H,21,23). The lowest BCUT2D eigenvalue weighted by Crippen LogP contribution is -2.48. The smallest absolute Gasteiger partial charge is 0.331 e. The van der Waals surface area contributed by atoms with Crippen LogP contribution in [0.5, 0.6) is 5.75 Å². The van der Waals surface area contributed by atoms with Gasteiger partial charge in [0.1, 0.15) is 11.9 Å². The summed E-state index contributed by atoms with van der Waals surface area (Å²) in [6, 6.07) is 13.6. The molecule has 2 amide bonds. The zero-order chi connectivity index (χ0) is 19.4. The van der Waals surface area contributed by atoms with Crippen LogP contribution < -0.4 is 9.46 Å². The Bertz CT molecular complexity index is 885. The van der Waals surface area contributed by atoms with Gasteiger partial charge in [0.05, 0.1) is 4.90 Å². The van der Waals surface area contributed by atoms with Gasteiger partial charge in [0.15, 0.2) is 0 Å². The quantitative estimate of drug-likeness (QED) is 0.872. The Kier molecular flexibility index (Phi) is 5.70. The van der Waals surface area contributed by atoms with Gasteiger partial charge < -0.3 is 9.64 Å². The van der Waals surface area contributed by atoms with Crippen molar-refractivity contribution in [3.8, 4) is 5.75 Å². The minimum atomic E-state index is -3.86. The van der Waals surface area contributed by atoms with Crippen LogP contribution in [-0.2, 0) is 10.0 Å². The molecule has 27 heavy (non-hydrogen) atoms. The maximum atomic E-state index is 12.4. The topological polar surface area (TPSA) is 75.7 Å². The SMILES string of the molecule is Cc1ccc(OC2CCN(C(=O)NS(=O)(=O)c3ccc(C)cc3)CC2)cc1. The van der Waals surface area contributed by atoms with Gasteiger partial charge in [0.2, 0.25) is 0 Å². The predicted octanol–water partition coefficient (Wildman–Crippen LogP) is 3.25. The van der Waals surface area contributed by atoms with Crippen LogP contribution in [0.3, 0.4) is 0 Å². The molecule has 3 rings (SSSR count). The number of amides is 2. The number of nitrogens with one attached hydrogen (secondary N) is 1. The van der Waals surface area contributed by atoms with E-state index in [0.717, 1.165) is 11.3 Å². The van der Waals surface area contributed by atoms with E-state index in [2.05, 4.69) is 4.72 Å². The van der Waals surface area contributed by atoms with Gasteiger partial charge in [-0.1, -0.05) is 35.4 Å². The fourth-order valence-corrected chi connectivity index (χ4v) is 3.91. The lowest BCUT2D eigenvalue weighted by Gasteiger charge is -2.32. The maximum absolute atomic E-state index is 12.4. The van der Waals surface area contributed by atoms with E-state index in [0.29, 0.717) is 25.9 Å². The van der Waals surface area contributed by atoms with Crippen molar-refractivity contribution in [2.45, 2.75) is 37.7 Å². The number of hydrogen-bond donors (Lipinski definition) is 1. The Hall–Kier alpha value is -2.54. The van der Waals surface area contributed by atoms with Crippen molar-refractivity contribution >= 4 is 16.1 Å². The Balaban J connectivity index is 1.53. The minimum Gasteiger partial charge on any atom is -0.490 e. The Morgan fingerprint density at radius 2 is 1.48 bits per heavy atom. The summed E-state index contributed by atoms with van der Waals surface area (Å²) in [6.07, 6.45) is 1.34. The molecule has 1 saturated heterocycles. The molecular formula is C20H24N2O4S. The molecule has 1 aliphatic rings. The first-order valence-electron chi connectivity index (χ1n) is 8.95. The lowest BCUT2D eigenvalue weighted by molar-refractivity contribution is 0.113. The number of rotatable bonds is 4. The molecule has 0 unspecified atom stereocenters. The minimum absolute atomic E-state index is 0.0189. The summed E-state index contributed by atoms with van der Waals surface area (Å²) in [7, 11) is -3.86. The molecule has 0 aliphatic carbocycles. The number of benzene rings is 2. The normalized spacial score (nSPS) is 15.4. The van der Waals surface area contributed by atoms with E-state index in [4.69, 9.17) is 4.74 Å². The molecule has 6 nitrogen and oxygen atoms in total. The molecule has 2 aromatic rings. The second-order valence-electron chi connectivity index (χ2n) is 6.84. The summed E-state index contributed by atoms with van der Waals surface area (Å²) in [5.41, 5.74) is 2.12. The Morgan fingerprint density at radius 1 is 0.963 bits per heavy atom.